The number of aromatic nitrogens is 3. The zero-order valence-corrected chi connectivity index (χ0v) is 15.0. The van der Waals surface area contributed by atoms with Crippen molar-refractivity contribution in [3.05, 3.63) is 76.7 Å². The topological polar surface area (TPSA) is 79.9 Å². The number of nitrogens with one attached hydrogen (secondary N) is 2. The Labute approximate surface area is 155 Å². The number of benzene rings is 2. The number of fused-ring (bicyclic) bond motifs is 1. The van der Waals surface area contributed by atoms with E-state index in [2.05, 4.69) is 20.3 Å². The highest BCUT2D eigenvalue weighted by Gasteiger charge is 2.11. The minimum atomic E-state index is -0.242. The van der Waals surface area contributed by atoms with Gasteiger partial charge in [-0.05, 0) is 48.4 Å². The Morgan fingerprint density at radius 2 is 1.74 bits per heavy atom. The third kappa shape index (κ3) is 3.37. The van der Waals surface area contributed by atoms with Gasteiger partial charge < -0.3 is 10.1 Å². The fraction of sp³-hybridized carbons (Fsp3) is 0.0952. The van der Waals surface area contributed by atoms with Gasteiger partial charge >= 0.3 is 0 Å². The summed E-state index contributed by atoms with van der Waals surface area (Å²) in [6.07, 6.45) is 1.66. The molecule has 0 spiro atoms. The van der Waals surface area contributed by atoms with Gasteiger partial charge in [-0.2, -0.15) is 4.98 Å². The molecule has 4 aromatic rings. The van der Waals surface area contributed by atoms with Crippen LogP contribution in [-0.2, 0) is 0 Å². The van der Waals surface area contributed by atoms with Crippen LogP contribution in [0.25, 0.3) is 22.2 Å². The van der Waals surface area contributed by atoms with Crippen molar-refractivity contribution in [2.24, 2.45) is 0 Å². The molecule has 6 nitrogen and oxygen atoms in total. The summed E-state index contributed by atoms with van der Waals surface area (Å²) < 4.78 is 5.20. The zero-order valence-electron chi connectivity index (χ0n) is 15.0. The van der Waals surface area contributed by atoms with Crippen molar-refractivity contribution < 1.29 is 4.74 Å². The number of aromatic amines is 1. The summed E-state index contributed by atoms with van der Waals surface area (Å²) >= 11 is 0. The Morgan fingerprint density at radius 1 is 1.00 bits per heavy atom. The van der Waals surface area contributed by atoms with Gasteiger partial charge in [-0.25, -0.2) is 4.98 Å². The SMILES string of the molecule is COc1ccc(-c2ccnc3nc(Nc4ccc(C)cc4)[nH]c(=O)c23)cc1. The van der Waals surface area contributed by atoms with Crippen molar-refractivity contribution >= 4 is 22.7 Å². The molecule has 134 valence electrons. The van der Waals surface area contributed by atoms with Crippen molar-refractivity contribution in [1.29, 1.82) is 0 Å². The van der Waals surface area contributed by atoms with Crippen LogP contribution in [0.2, 0.25) is 0 Å². The van der Waals surface area contributed by atoms with Crippen LogP contribution in [0.1, 0.15) is 5.56 Å². The first-order valence-corrected chi connectivity index (χ1v) is 8.51. The number of H-pyrrole nitrogens is 1. The van der Waals surface area contributed by atoms with E-state index >= 15 is 0 Å². The molecule has 0 bridgehead atoms. The van der Waals surface area contributed by atoms with E-state index in [1.54, 1.807) is 13.3 Å². The van der Waals surface area contributed by atoms with E-state index < -0.39 is 0 Å². The summed E-state index contributed by atoms with van der Waals surface area (Å²) in [5.74, 6) is 1.12. The number of ether oxygens (including phenoxy) is 1. The molecule has 0 saturated heterocycles. The quantitative estimate of drug-likeness (QED) is 0.575. The molecule has 2 N–H and O–H groups in total. The second kappa shape index (κ2) is 6.92. The standard InChI is InChI=1S/C21H18N4O2/c1-13-3-7-15(8-4-13)23-21-24-19-18(20(26)25-21)17(11-12-22-19)14-5-9-16(27-2)10-6-14/h3-12H,1-2H3,(H2,22,23,24,25,26). The van der Waals surface area contributed by atoms with Crippen LogP contribution in [0.5, 0.6) is 5.75 Å². The molecule has 2 aromatic carbocycles. The van der Waals surface area contributed by atoms with E-state index in [9.17, 15) is 4.79 Å². The molecule has 6 heteroatoms. The first-order chi connectivity index (χ1) is 13.1. The highest BCUT2D eigenvalue weighted by atomic mass is 16.5. The number of pyridine rings is 1. The average molecular weight is 358 g/mol. The summed E-state index contributed by atoms with van der Waals surface area (Å²) in [4.78, 5) is 24.3. The second-order valence-electron chi connectivity index (χ2n) is 6.19. The number of hydrogen-bond donors (Lipinski definition) is 2. The van der Waals surface area contributed by atoms with E-state index in [-0.39, 0.29) is 5.56 Å². The monoisotopic (exact) mass is 358 g/mol. The first-order valence-electron chi connectivity index (χ1n) is 8.51. The van der Waals surface area contributed by atoms with Crippen molar-refractivity contribution in [3.8, 4) is 16.9 Å². The molecule has 0 atom stereocenters. The van der Waals surface area contributed by atoms with Gasteiger partial charge in [-0.1, -0.05) is 29.8 Å². The molecule has 0 aliphatic rings. The van der Waals surface area contributed by atoms with Crippen LogP contribution in [0, 0.1) is 6.92 Å². The Hall–Kier alpha value is -3.67. The Balaban J connectivity index is 1.77. The van der Waals surface area contributed by atoms with Crippen molar-refractivity contribution in [2.75, 3.05) is 12.4 Å². The average Bonchev–Trinajstić information content (AvgIpc) is 2.69. The van der Waals surface area contributed by atoms with Crippen molar-refractivity contribution in [1.82, 2.24) is 15.0 Å². The summed E-state index contributed by atoms with van der Waals surface area (Å²) in [7, 11) is 1.62. The summed E-state index contributed by atoms with van der Waals surface area (Å²) in [5, 5.41) is 3.57. The van der Waals surface area contributed by atoms with Gasteiger partial charge in [0.05, 0.1) is 12.5 Å². The molecule has 4 rings (SSSR count). The molecule has 2 heterocycles. The largest absolute Gasteiger partial charge is 0.497 e. The van der Waals surface area contributed by atoms with Gasteiger partial charge in [0, 0.05) is 11.9 Å². The van der Waals surface area contributed by atoms with Gasteiger partial charge in [-0.15, -0.1) is 0 Å². The van der Waals surface area contributed by atoms with Gasteiger partial charge in [-0.3, -0.25) is 9.78 Å². The number of nitrogens with zero attached hydrogens (tertiary/aromatic N) is 2. The van der Waals surface area contributed by atoms with Crippen LogP contribution < -0.4 is 15.6 Å². The minimum absolute atomic E-state index is 0.242. The Bertz CT molecular complexity index is 1150. The van der Waals surface area contributed by atoms with Crippen molar-refractivity contribution in [3.63, 3.8) is 0 Å². The maximum atomic E-state index is 12.8. The number of anilines is 2. The Kier molecular flexibility index (Phi) is 4.30. The second-order valence-corrected chi connectivity index (χ2v) is 6.19. The first kappa shape index (κ1) is 16.8. The van der Waals surface area contributed by atoms with Crippen LogP contribution in [-0.4, -0.2) is 22.1 Å². The maximum absolute atomic E-state index is 12.8. The maximum Gasteiger partial charge on any atom is 0.262 e. The zero-order chi connectivity index (χ0) is 18.8. The third-order valence-electron chi connectivity index (χ3n) is 4.32. The number of rotatable bonds is 4. The lowest BCUT2D eigenvalue weighted by Crippen LogP contribution is -2.13. The van der Waals surface area contributed by atoms with E-state index in [0.717, 1.165) is 28.1 Å². The van der Waals surface area contributed by atoms with E-state index in [1.807, 2.05) is 61.5 Å². The lowest BCUT2D eigenvalue weighted by molar-refractivity contribution is 0.415. The van der Waals surface area contributed by atoms with Crippen molar-refractivity contribution in [2.45, 2.75) is 6.92 Å². The molecule has 0 unspecified atom stereocenters. The fourth-order valence-corrected chi connectivity index (χ4v) is 2.91. The normalized spacial score (nSPS) is 10.7. The molecule has 27 heavy (non-hydrogen) atoms. The van der Waals surface area contributed by atoms with Crippen LogP contribution in [0.3, 0.4) is 0 Å². The lowest BCUT2D eigenvalue weighted by Gasteiger charge is -2.09. The summed E-state index contributed by atoms with van der Waals surface area (Å²) in [6.45, 7) is 2.02. The third-order valence-corrected chi connectivity index (χ3v) is 4.32. The highest BCUT2D eigenvalue weighted by Crippen LogP contribution is 2.26. The molecule has 0 fully saturated rings. The molecular weight excluding hydrogens is 340 g/mol. The molecular formula is C21H18N4O2. The van der Waals surface area contributed by atoms with Gasteiger partial charge in [0.1, 0.15) is 5.75 Å². The molecule has 0 radical (unpaired) electrons. The summed E-state index contributed by atoms with van der Waals surface area (Å²) in [6, 6.07) is 17.2. The molecule has 0 saturated carbocycles. The van der Waals surface area contributed by atoms with Gasteiger partial charge in [0.2, 0.25) is 5.95 Å². The number of hydrogen-bond acceptors (Lipinski definition) is 5. The van der Waals surface area contributed by atoms with Gasteiger partial charge in [0.25, 0.3) is 5.56 Å². The van der Waals surface area contributed by atoms with E-state index in [0.29, 0.717) is 17.0 Å². The molecule has 0 amide bonds. The van der Waals surface area contributed by atoms with Crippen LogP contribution in [0.15, 0.2) is 65.6 Å². The predicted octanol–water partition coefficient (Wildman–Crippen LogP) is 4.05. The fourth-order valence-electron chi connectivity index (χ4n) is 2.91. The Morgan fingerprint density at radius 3 is 2.44 bits per heavy atom. The molecule has 0 aliphatic heterocycles. The number of aryl methyl sites for hydroxylation is 1. The lowest BCUT2D eigenvalue weighted by atomic mass is 10.0. The van der Waals surface area contributed by atoms with E-state index in [4.69, 9.17) is 4.74 Å². The van der Waals surface area contributed by atoms with Crippen LogP contribution in [0.4, 0.5) is 11.6 Å². The van der Waals surface area contributed by atoms with Gasteiger partial charge in [0.15, 0.2) is 5.65 Å². The molecule has 2 aromatic heterocycles. The van der Waals surface area contributed by atoms with E-state index in [1.165, 1.54) is 0 Å². The number of methoxy groups -OCH3 is 1. The summed E-state index contributed by atoms with van der Waals surface area (Å²) in [5.41, 5.74) is 3.82. The highest BCUT2D eigenvalue weighted by molar-refractivity contribution is 5.92. The van der Waals surface area contributed by atoms with Crippen LogP contribution >= 0.6 is 0 Å². The predicted molar refractivity (Wildman–Crippen MR) is 107 cm³/mol. The smallest absolute Gasteiger partial charge is 0.262 e. The minimum Gasteiger partial charge on any atom is -0.497 e. The molecule has 0 aliphatic carbocycles.